The molecule has 0 atom stereocenters. The molecule has 0 unspecified atom stereocenters. The summed E-state index contributed by atoms with van der Waals surface area (Å²) in [6, 6.07) is 72.3. The Kier molecular flexibility index (Phi) is 7.21. The minimum Gasteiger partial charge on any atom is -0.309 e. The first kappa shape index (κ1) is 31.3. The van der Waals surface area contributed by atoms with Gasteiger partial charge in [0, 0.05) is 33.8 Å². The van der Waals surface area contributed by atoms with Crippen LogP contribution in [-0.4, -0.2) is 9.55 Å². The van der Waals surface area contributed by atoms with E-state index in [-0.39, 0.29) is 0 Å². The van der Waals surface area contributed by atoms with Crippen molar-refractivity contribution in [2.45, 2.75) is 0 Å². The van der Waals surface area contributed by atoms with Gasteiger partial charge in [0.25, 0.3) is 0 Å². The number of hydrogen-bond acceptors (Lipinski definition) is 1. The number of hydrogen-bond donors (Lipinski definition) is 0. The van der Waals surface area contributed by atoms with E-state index in [1.807, 2.05) is 0 Å². The van der Waals surface area contributed by atoms with Crippen LogP contribution in [0.25, 0.3) is 104 Å². The van der Waals surface area contributed by atoms with Gasteiger partial charge in [0.2, 0.25) is 0 Å². The molecule has 0 N–H and O–H groups in total. The van der Waals surface area contributed by atoms with Gasteiger partial charge in [-0.05, 0) is 96.5 Å². The monoisotopic (exact) mass is 698 g/mol. The zero-order valence-electron chi connectivity index (χ0n) is 30.0. The van der Waals surface area contributed by atoms with Gasteiger partial charge in [0.05, 0.1) is 16.7 Å². The Balaban J connectivity index is 1.08. The van der Waals surface area contributed by atoms with Gasteiger partial charge < -0.3 is 4.57 Å². The Labute approximate surface area is 319 Å². The lowest BCUT2D eigenvalue weighted by atomic mass is 9.86. The summed E-state index contributed by atoms with van der Waals surface area (Å²) in [5, 5.41) is 9.78. The molecule has 11 rings (SSSR count). The topological polar surface area (TPSA) is 17.8 Å². The Morgan fingerprint density at radius 3 is 1.55 bits per heavy atom. The molecule has 0 fully saturated rings. The molecular weight excluding hydrogens is 665 g/mol. The second kappa shape index (κ2) is 12.7. The van der Waals surface area contributed by atoms with E-state index < -0.39 is 0 Å². The number of aromatic nitrogens is 2. The zero-order valence-corrected chi connectivity index (χ0v) is 30.0. The number of nitrogens with zero attached hydrogens (tertiary/aromatic N) is 2. The van der Waals surface area contributed by atoms with Crippen LogP contribution in [0.4, 0.5) is 0 Å². The van der Waals surface area contributed by atoms with Crippen molar-refractivity contribution in [3.8, 4) is 50.3 Å². The summed E-state index contributed by atoms with van der Waals surface area (Å²) in [5.74, 6) is 0. The lowest BCUT2D eigenvalue weighted by Crippen LogP contribution is -1.93. The van der Waals surface area contributed by atoms with Gasteiger partial charge in [0.15, 0.2) is 0 Å². The van der Waals surface area contributed by atoms with Crippen LogP contribution in [0.2, 0.25) is 0 Å². The van der Waals surface area contributed by atoms with E-state index in [4.69, 9.17) is 4.98 Å². The molecule has 0 radical (unpaired) electrons. The quantitative estimate of drug-likeness (QED) is 0.164. The van der Waals surface area contributed by atoms with E-state index in [1.54, 1.807) is 0 Å². The number of benzene rings is 9. The summed E-state index contributed by atoms with van der Waals surface area (Å²) in [4.78, 5) is 5.27. The third-order valence-electron chi connectivity index (χ3n) is 11.2. The summed E-state index contributed by atoms with van der Waals surface area (Å²) in [7, 11) is 0. The molecule has 0 bridgehead atoms. The average molecular weight is 699 g/mol. The smallest absolute Gasteiger partial charge is 0.0714 e. The summed E-state index contributed by atoms with van der Waals surface area (Å²) in [5.41, 5.74) is 12.8. The van der Waals surface area contributed by atoms with Gasteiger partial charge in [-0.25, -0.2) is 0 Å². The maximum Gasteiger partial charge on any atom is 0.0714 e. The molecule has 11 aromatic rings. The summed E-state index contributed by atoms with van der Waals surface area (Å²) in [6.07, 6.45) is 2.07. The number of para-hydroxylation sites is 1. The molecule has 0 aliphatic carbocycles. The van der Waals surface area contributed by atoms with E-state index in [0.29, 0.717) is 0 Å². The van der Waals surface area contributed by atoms with Crippen LogP contribution < -0.4 is 0 Å². The van der Waals surface area contributed by atoms with Gasteiger partial charge in [0.1, 0.15) is 0 Å². The van der Waals surface area contributed by atoms with Crippen molar-refractivity contribution < 1.29 is 0 Å². The van der Waals surface area contributed by atoms with Crippen LogP contribution in [0.1, 0.15) is 0 Å². The summed E-state index contributed by atoms with van der Waals surface area (Å²) in [6.45, 7) is 0. The van der Waals surface area contributed by atoms with Crippen molar-refractivity contribution in [3.63, 3.8) is 0 Å². The summed E-state index contributed by atoms with van der Waals surface area (Å²) >= 11 is 0. The molecule has 256 valence electrons. The predicted molar refractivity (Wildman–Crippen MR) is 233 cm³/mol. The third kappa shape index (κ3) is 5.07. The number of rotatable bonds is 5. The van der Waals surface area contributed by atoms with Gasteiger partial charge in [-0.2, -0.15) is 0 Å². The van der Waals surface area contributed by atoms with Crippen LogP contribution >= 0.6 is 0 Å². The molecule has 2 heterocycles. The van der Waals surface area contributed by atoms with Crippen LogP contribution in [0.5, 0.6) is 0 Å². The van der Waals surface area contributed by atoms with Crippen molar-refractivity contribution in [2.24, 2.45) is 0 Å². The highest BCUT2D eigenvalue weighted by molar-refractivity contribution is 6.22. The Morgan fingerprint density at radius 1 is 0.345 bits per heavy atom. The highest BCUT2D eigenvalue weighted by atomic mass is 15.0. The van der Waals surface area contributed by atoms with Crippen LogP contribution in [0.15, 0.2) is 206 Å². The standard InChI is InChI=1S/C53H34N2/c1-3-14-35(15-4-1)36-26-28-37(29-27-36)51-43-20-9-11-22-45(43)52(46-23-12-10-21-44(46)51)48-31-30-40(34-54-48)42-24-13-25-49-53(42)47-32-38-16-7-8-17-39(38)33-50(47)55(49)41-18-5-2-6-19-41/h1-34H. The van der Waals surface area contributed by atoms with Crippen molar-refractivity contribution in [3.05, 3.63) is 206 Å². The fraction of sp³-hybridized carbons (Fsp3) is 0. The van der Waals surface area contributed by atoms with Crippen molar-refractivity contribution >= 4 is 54.1 Å². The van der Waals surface area contributed by atoms with Crippen LogP contribution in [-0.2, 0) is 0 Å². The maximum atomic E-state index is 5.27. The van der Waals surface area contributed by atoms with Crippen molar-refractivity contribution in [1.82, 2.24) is 9.55 Å². The molecule has 0 amide bonds. The fourth-order valence-electron chi connectivity index (χ4n) is 8.73. The molecule has 2 aromatic heterocycles. The van der Waals surface area contributed by atoms with E-state index in [9.17, 15) is 0 Å². The molecule has 0 aliphatic rings. The third-order valence-corrected chi connectivity index (χ3v) is 11.2. The lowest BCUT2D eigenvalue weighted by Gasteiger charge is -2.17. The summed E-state index contributed by atoms with van der Waals surface area (Å²) < 4.78 is 2.40. The van der Waals surface area contributed by atoms with E-state index in [1.165, 1.54) is 81.9 Å². The molecular formula is C53H34N2. The number of fused-ring (bicyclic) bond motifs is 6. The Bertz CT molecular complexity index is 3160. The fourth-order valence-corrected chi connectivity index (χ4v) is 8.73. The normalized spacial score (nSPS) is 11.6. The first-order valence-corrected chi connectivity index (χ1v) is 18.9. The van der Waals surface area contributed by atoms with Crippen molar-refractivity contribution in [2.75, 3.05) is 0 Å². The highest BCUT2D eigenvalue weighted by Crippen LogP contribution is 2.45. The largest absolute Gasteiger partial charge is 0.309 e. The molecule has 9 aromatic carbocycles. The molecule has 2 nitrogen and oxygen atoms in total. The predicted octanol–water partition coefficient (Wildman–Crippen LogP) is 14.3. The lowest BCUT2D eigenvalue weighted by molar-refractivity contribution is 1.18. The molecule has 0 saturated heterocycles. The molecule has 0 spiro atoms. The minimum atomic E-state index is 0.965. The maximum absolute atomic E-state index is 5.27. The second-order valence-corrected chi connectivity index (χ2v) is 14.3. The van der Waals surface area contributed by atoms with Crippen molar-refractivity contribution in [1.29, 1.82) is 0 Å². The first-order valence-electron chi connectivity index (χ1n) is 18.9. The van der Waals surface area contributed by atoms with Gasteiger partial charge in [-0.3, -0.25) is 4.98 Å². The molecule has 55 heavy (non-hydrogen) atoms. The highest BCUT2D eigenvalue weighted by Gasteiger charge is 2.20. The first-order chi connectivity index (χ1) is 27.3. The van der Waals surface area contributed by atoms with Crippen LogP contribution in [0.3, 0.4) is 0 Å². The second-order valence-electron chi connectivity index (χ2n) is 14.3. The average Bonchev–Trinajstić information content (AvgIpc) is 3.58. The van der Waals surface area contributed by atoms with Crippen LogP contribution in [0, 0.1) is 0 Å². The molecule has 0 saturated carbocycles. The van der Waals surface area contributed by atoms with E-state index in [0.717, 1.165) is 22.5 Å². The Hall–Kier alpha value is -7.29. The van der Waals surface area contributed by atoms with E-state index >= 15 is 0 Å². The molecule has 2 heteroatoms. The zero-order chi connectivity index (χ0) is 36.3. The minimum absolute atomic E-state index is 0.965. The van der Waals surface area contributed by atoms with E-state index in [2.05, 4.69) is 211 Å². The molecule has 0 aliphatic heterocycles. The van der Waals surface area contributed by atoms with Gasteiger partial charge in [-0.1, -0.05) is 164 Å². The van der Waals surface area contributed by atoms with Gasteiger partial charge >= 0.3 is 0 Å². The SMILES string of the molecule is c1ccc(-c2ccc(-c3c4ccccc4c(-c4ccc(-c5cccc6c5c5cc7ccccc7cc5n6-c5ccccc5)cn4)c4ccccc34)cc2)cc1. The van der Waals surface area contributed by atoms with Gasteiger partial charge in [-0.15, -0.1) is 0 Å². The Morgan fingerprint density at radius 2 is 0.891 bits per heavy atom. The number of pyridine rings is 1.